The zero-order chi connectivity index (χ0) is 19.4. The van der Waals surface area contributed by atoms with E-state index >= 15 is 0 Å². The second kappa shape index (κ2) is 8.29. The largest absolute Gasteiger partial charge is 0.496 e. The average molecular weight is 374 g/mol. The Morgan fingerprint density at radius 1 is 1.37 bits per heavy atom. The predicted molar refractivity (Wildman–Crippen MR) is 108 cm³/mol. The molecule has 0 saturated carbocycles. The fourth-order valence-corrected chi connectivity index (χ4v) is 3.65. The second-order valence-corrected chi connectivity index (χ2v) is 7.14. The molecule has 1 saturated heterocycles. The summed E-state index contributed by atoms with van der Waals surface area (Å²) in [6.45, 7) is 7.81. The lowest BCUT2D eigenvalue weighted by atomic mass is 10.0. The highest BCUT2D eigenvalue weighted by Gasteiger charge is 2.32. The summed E-state index contributed by atoms with van der Waals surface area (Å²) in [6, 6.07) is 5.94. The van der Waals surface area contributed by atoms with Crippen molar-refractivity contribution in [2.75, 3.05) is 33.8 Å². The molecule has 7 nitrogen and oxygen atoms in total. The van der Waals surface area contributed by atoms with Crippen molar-refractivity contribution < 1.29 is 9.47 Å². The van der Waals surface area contributed by atoms with Crippen LogP contribution in [0.3, 0.4) is 0 Å². The molecule has 0 aromatic heterocycles. The van der Waals surface area contributed by atoms with E-state index in [1.807, 2.05) is 31.2 Å². The summed E-state index contributed by atoms with van der Waals surface area (Å²) in [7, 11) is 3.42. The summed E-state index contributed by atoms with van der Waals surface area (Å²) in [6.07, 6.45) is 3.26. The zero-order valence-corrected chi connectivity index (χ0v) is 16.7. The van der Waals surface area contributed by atoms with Gasteiger partial charge in [-0.2, -0.15) is 0 Å². The maximum atomic E-state index is 6.62. The number of allylic oxidation sites excluding steroid dienone is 1. The highest BCUT2D eigenvalue weighted by atomic mass is 16.5. The monoisotopic (exact) mass is 373 g/mol. The van der Waals surface area contributed by atoms with Gasteiger partial charge < -0.3 is 25.0 Å². The first-order valence-electron chi connectivity index (χ1n) is 9.49. The topological polar surface area (TPSA) is 84.1 Å². The van der Waals surface area contributed by atoms with Crippen molar-refractivity contribution in [2.45, 2.75) is 38.8 Å². The van der Waals surface area contributed by atoms with E-state index in [4.69, 9.17) is 15.2 Å². The maximum absolute atomic E-state index is 6.62. The number of rotatable bonds is 6. The molecule has 2 atom stereocenters. The van der Waals surface area contributed by atoms with Crippen molar-refractivity contribution >= 4 is 5.84 Å². The van der Waals surface area contributed by atoms with Crippen LogP contribution < -0.4 is 21.1 Å². The third-order valence-electron chi connectivity index (χ3n) is 5.20. The van der Waals surface area contributed by atoms with Gasteiger partial charge in [0.15, 0.2) is 5.79 Å². The molecule has 2 heterocycles. The van der Waals surface area contributed by atoms with Gasteiger partial charge in [-0.05, 0) is 44.2 Å². The Morgan fingerprint density at radius 2 is 2.19 bits per heavy atom. The molecule has 1 aromatic rings. The van der Waals surface area contributed by atoms with Gasteiger partial charge in [-0.1, -0.05) is 6.92 Å². The number of likely N-dealkylation sites (tertiary alicyclic amines) is 1. The number of nitrogens with one attached hydrogen (secondary N) is 2. The molecule has 148 valence electrons. The lowest BCUT2D eigenvalue weighted by molar-refractivity contribution is 0.0459. The number of hydrogen-bond acceptors (Lipinski definition) is 6. The smallest absolute Gasteiger partial charge is 0.190 e. The average Bonchev–Trinajstić information content (AvgIpc) is 3.13. The van der Waals surface area contributed by atoms with Gasteiger partial charge in [-0.3, -0.25) is 10.7 Å². The van der Waals surface area contributed by atoms with E-state index in [0.717, 1.165) is 54.5 Å². The minimum absolute atomic E-state index is 0.264. The number of ether oxygens (including phenoxy) is 2. The van der Waals surface area contributed by atoms with E-state index in [1.54, 1.807) is 14.2 Å². The summed E-state index contributed by atoms with van der Waals surface area (Å²) in [5.74, 6) is 0.620. The normalized spacial score (nSPS) is 27.2. The minimum Gasteiger partial charge on any atom is -0.496 e. The molecule has 0 amide bonds. The van der Waals surface area contributed by atoms with Gasteiger partial charge in [0.25, 0.3) is 0 Å². The molecule has 2 unspecified atom stereocenters. The quantitative estimate of drug-likeness (QED) is 0.701. The molecule has 0 aliphatic carbocycles. The standard InChI is InChI=1S/C20H31N5O2/c1-5-25-9-8-17(12-25)27-13-15-11-16(6-7-18(15)26-4)20(21)23-14(2)10-19(22-3)24-20/h6-7,10-11,17,23H,5,8-9,12-13,21H2,1-4H3,(H,22,24). The highest BCUT2D eigenvalue weighted by molar-refractivity contribution is 5.94. The second-order valence-electron chi connectivity index (χ2n) is 7.14. The molecule has 0 radical (unpaired) electrons. The fourth-order valence-electron chi connectivity index (χ4n) is 3.65. The van der Waals surface area contributed by atoms with E-state index in [1.165, 1.54) is 0 Å². The third-order valence-corrected chi connectivity index (χ3v) is 5.20. The molecule has 7 heteroatoms. The first-order valence-corrected chi connectivity index (χ1v) is 9.49. The van der Waals surface area contributed by atoms with Gasteiger partial charge >= 0.3 is 0 Å². The number of aliphatic imine (C=N–C) groups is 1. The van der Waals surface area contributed by atoms with Crippen LogP contribution in [-0.4, -0.2) is 50.6 Å². The SMILES string of the molecule is CCN1CCC(OCc2cc(C3(N)NC(C)=CC(=NC)N3)ccc2OC)C1. The molecule has 3 rings (SSSR count). The number of methoxy groups -OCH3 is 1. The number of likely N-dealkylation sites (N-methyl/N-ethyl adjacent to an activating group) is 1. The number of hydrogen-bond donors (Lipinski definition) is 3. The van der Waals surface area contributed by atoms with Crippen LogP contribution in [0.2, 0.25) is 0 Å². The Morgan fingerprint density at radius 3 is 2.85 bits per heavy atom. The van der Waals surface area contributed by atoms with Crippen molar-refractivity contribution in [3.63, 3.8) is 0 Å². The van der Waals surface area contributed by atoms with Crippen molar-refractivity contribution in [1.29, 1.82) is 0 Å². The van der Waals surface area contributed by atoms with Crippen LogP contribution in [0.5, 0.6) is 5.75 Å². The highest BCUT2D eigenvalue weighted by Crippen LogP contribution is 2.27. The Labute approximate surface area is 161 Å². The van der Waals surface area contributed by atoms with E-state index in [0.29, 0.717) is 6.61 Å². The van der Waals surface area contributed by atoms with Gasteiger partial charge in [0.2, 0.25) is 0 Å². The predicted octanol–water partition coefficient (Wildman–Crippen LogP) is 1.50. The Hall–Kier alpha value is -2.09. The number of nitrogens with zero attached hydrogens (tertiary/aromatic N) is 2. The molecule has 1 aromatic carbocycles. The van der Waals surface area contributed by atoms with Crippen LogP contribution in [-0.2, 0) is 17.1 Å². The fraction of sp³-hybridized carbons (Fsp3) is 0.550. The maximum Gasteiger partial charge on any atom is 0.190 e. The molecule has 0 spiro atoms. The van der Waals surface area contributed by atoms with E-state index in [-0.39, 0.29) is 6.10 Å². The minimum atomic E-state index is -0.929. The Balaban J connectivity index is 1.78. The van der Waals surface area contributed by atoms with E-state index < -0.39 is 5.79 Å². The molecule has 2 aliphatic heterocycles. The third kappa shape index (κ3) is 4.43. The summed E-state index contributed by atoms with van der Waals surface area (Å²) in [5.41, 5.74) is 9.46. The van der Waals surface area contributed by atoms with Gasteiger partial charge in [-0.25, -0.2) is 0 Å². The van der Waals surface area contributed by atoms with Crippen LogP contribution in [0.25, 0.3) is 0 Å². The lowest BCUT2D eigenvalue weighted by Crippen LogP contribution is -2.64. The number of nitrogens with two attached hydrogens (primary N) is 1. The van der Waals surface area contributed by atoms with Gasteiger partial charge in [0, 0.05) is 37.0 Å². The summed E-state index contributed by atoms with van der Waals surface area (Å²) < 4.78 is 11.7. The summed E-state index contributed by atoms with van der Waals surface area (Å²) >= 11 is 0. The number of benzene rings is 1. The molecule has 2 aliphatic rings. The lowest BCUT2D eigenvalue weighted by Gasteiger charge is -2.37. The summed E-state index contributed by atoms with van der Waals surface area (Å²) in [4.78, 5) is 6.64. The molecule has 4 N–H and O–H groups in total. The van der Waals surface area contributed by atoms with Crippen LogP contribution in [0.1, 0.15) is 31.4 Å². The molecule has 27 heavy (non-hydrogen) atoms. The van der Waals surface area contributed by atoms with Crippen LogP contribution in [0.4, 0.5) is 0 Å². The first-order chi connectivity index (χ1) is 13.0. The van der Waals surface area contributed by atoms with Crippen LogP contribution >= 0.6 is 0 Å². The van der Waals surface area contributed by atoms with Crippen LogP contribution in [0.15, 0.2) is 35.0 Å². The van der Waals surface area contributed by atoms with Crippen molar-refractivity contribution in [3.05, 3.63) is 41.1 Å². The molecule has 0 bridgehead atoms. The summed E-state index contributed by atoms with van der Waals surface area (Å²) in [5, 5.41) is 6.56. The van der Waals surface area contributed by atoms with E-state index in [9.17, 15) is 0 Å². The molecule has 1 fully saturated rings. The Kier molecular flexibility index (Phi) is 6.04. The van der Waals surface area contributed by atoms with Gasteiger partial charge in [-0.15, -0.1) is 0 Å². The molecular formula is C20H31N5O2. The number of amidine groups is 1. The first kappa shape index (κ1) is 19.7. The van der Waals surface area contributed by atoms with Gasteiger partial charge in [0.1, 0.15) is 11.6 Å². The van der Waals surface area contributed by atoms with Crippen molar-refractivity contribution in [2.24, 2.45) is 10.7 Å². The van der Waals surface area contributed by atoms with Gasteiger partial charge in [0.05, 0.1) is 19.8 Å². The van der Waals surface area contributed by atoms with E-state index in [2.05, 4.69) is 27.4 Å². The zero-order valence-electron chi connectivity index (χ0n) is 16.7. The van der Waals surface area contributed by atoms with Crippen molar-refractivity contribution in [1.82, 2.24) is 15.5 Å². The molecular weight excluding hydrogens is 342 g/mol. The Bertz CT molecular complexity index is 733. The van der Waals surface area contributed by atoms with Crippen LogP contribution in [0, 0.1) is 0 Å². The van der Waals surface area contributed by atoms with Crippen molar-refractivity contribution in [3.8, 4) is 5.75 Å².